The van der Waals surface area contributed by atoms with Crippen molar-refractivity contribution in [3.05, 3.63) is 35.2 Å². The third kappa shape index (κ3) is 2.16. The summed E-state index contributed by atoms with van der Waals surface area (Å²) in [5.41, 5.74) is 9.87. The van der Waals surface area contributed by atoms with Crippen LogP contribution in [0.4, 0.5) is 0 Å². The van der Waals surface area contributed by atoms with E-state index >= 15 is 0 Å². The highest BCUT2D eigenvalue weighted by atomic mass is 15.3. The van der Waals surface area contributed by atoms with Gasteiger partial charge in [0.15, 0.2) is 5.82 Å². The highest BCUT2D eigenvalue weighted by Gasteiger charge is 2.16. The lowest BCUT2D eigenvalue weighted by Crippen LogP contribution is -2.09. The standard InChI is InChI=1S/C15H20N4/c1-2-8-19-14(10-16)17-18-15(19)13-7-6-11-4-3-5-12(11)9-13/h6-7,9H,2-5,8,10,16H2,1H3. The minimum atomic E-state index is 0.442. The lowest BCUT2D eigenvalue weighted by molar-refractivity contribution is 0.644. The number of nitrogens with two attached hydrogens (primary N) is 1. The zero-order valence-electron chi connectivity index (χ0n) is 11.4. The minimum absolute atomic E-state index is 0.442. The Hall–Kier alpha value is -1.68. The van der Waals surface area contributed by atoms with Gasteiger partial charge in [0, 0.05) is 12.1 Å². The van der Waals surface area contributed by atoms with Gasteiger partial charge in [-0.05, 0) is 42.9 Å². The minimum Gasteiger partial charge on any atom is -0.324 e. The number of rotatable bonds is 4. The van der Waals surface area contributed by atoms with Crippen LogP contribution in [0, 0.1) is 0 Å². The number of aromatic nitrogens is 3. The Bertz CT molecular complexity index is 586. The average Bonchev–Trinajstić information content (AvgIpc) is 3.04. The first-order valence-corrected chi connectivity index (χ1v) is 7.07. The van der Waals surface area contributed by atoms with Crippen LogP contribution >= 0.6 is 0 Å². The van der Waals surface area contributed by atoms with Crippen molar-refractivity contribution in [2.24, 2.45) is 5.73 Å². The molecule has 1 aromatic heterocycles. The van der Waals surface area contributed by atoms with Crippen molar-refractivity contribution in [1.29, 1.82) is 0 Å². The van der Waals surface area contributed by atoms with Crippen molar-refractivity contribution in [3.63, 3.8) is 0 Å². The quantitative estimate of drug-likeness (QED) is 0.913. The molecular formula is C15H20N4. The van der Waals surface area contributed by atoms with Crippen LogP contribution in [0.25, 0.3) is 11.4 Å². The zero-order chi connectivity index (χ0) is 13.2. The fourth-order valence-electron chi connectivity index (χ4n) is 2.87. The van der Waals surface area contributed by atoms with Gasteiger partial charge in [0.05, 0.1) is 6.54 Å². The van der Waals surface area contributed by atoms with Crippen molar-refractivity contribution in [1.82, 2.24) is 14.8 Å². The molecule has 2 N–H and O–H groups in total. The monoisotopic (exact) mass is 256 g/mol. The molecule has 0 unspecified atom stereocenters. The van der Waals surface area contributed by atoms with Gasteiger partial charge < -0.3 is 10.3 Å². The molecule has 19 heavy (non-hydrogen) atoms. The van der Waals surface area contributed by atoms with Crippen LogP contribution in [0.15, 0.2) is 18.2 Å². The van der Waals surface area contributed by atoms with Crippen molar-refractivity contribution < 1.29 is 0 Å². The number of fused-ring (bicyclic) bond motifs is 1. The summed E-state index contributed by atoms with van der Waals surface area (Å²) in [5.74, 6) is 1.83. The molecule has 1 aliphatic carbocycles. The highest BCUT2D eigenvalue weighted by molar-refractivity contribution is 5.58. The predicted molar refractivity (Wildman–Crippen MR) is 75.7 cm³/mol. The number of benzene rings is 1. The molecule has 2 aromatic rings. The summed E-state index contributed by atoms with van der Waals surface area (Å²) >= 11 is 0. The molecule has 1 aromatic carbocycles. The molecule has 3 rings (SSSR count). The largest absolute Gasteiger partial charge is 0.324 e. The summed E-state index contributed by atoms with van der Waals surface area (Å²) < 4.78 is 2.15. The molecule has 0 amide bonds. The van der Waals surface area contributed by atoms with Crippen LogP contribution < -0.4 is 5.73 Å². The van der Waals surface area contributed by atoms with Gasteiger partial charge in [0.2, 0.25) is 0 Å². The molecule has 0 fully saturated rings. The molecule has 0 saturated heterocycles. The second-order valence-corrected chi connectivity index (χ2v) is 5.13. The normalized spacial score (nSPS) is 13.8. The van der Waals surface area contributed by atoms with E-state index in [1.54, 1.807) is 0 Å². The van der Waals surface area contributed by atoms with Crippen LogP contribution in [-0.2, 0) is 25.9 Å². The van der Waals surface area contributed by atoms with Gasteiger partial charge in [-0.2, -0.15) is 0 Å². The molecule has 0 atom stereocenters. The molecule has 4 heteroatoms. The topological polar surface area (TPSA) is 56.7 Å². The number of hydrogen-bond acceptors (Lipinski definition) is 3. The maximum absolute atomic E-state index is 5.74. The summed E-state index contributed by atoms with van der Waals surface area (Å²) in [6.07, 6.45) is 4.73. The van der Waals surface area contributed by atoms with Crippen LogP contribution in [0.1, 0.15) is 36.7 Å². The molecule has 1 heterocycles. The van der Waals surface area contributed by atoms with E-state index in [1.165, 1.54) is 36.0 Å². The lowest BCUT2D eigenvalue weighted by Gasteiger charge is -2.09. The van der Waals surface area contributed by atoms with Gasteiger partial charge in [-0.25, -0.2) is 0 Å². The van der Waals surface area contributed by atoms with E-state index in [0.29, 0.717) is 6.54 Å². The van der Waals surface area contributed by atoms with E-state index in [1.807, 2.05) is 0 Å². The fourth-order valence-corrected chi connectivity index (χ4v) is 2.87. The molecule has 1 aliphatic rings. The van der Waals surface area contributed by atoms with Crippen molar-refractivity contribution in [2.75, 3.05) is 0 Å². The molecule has 4 nitrogen and oxygen atoms in total. The van der Waals surface area contributed by atoms with Crippen molar-refractivity contribution in [2.45, 2.75) is 45.7 Å². The summed E-state index contributed by atoms with van der Waals surface area (Å²) in [7, 11) is 0. The third-order valence-electron chi connectivity index (χ3n) is 3.81. The summed E-state index contributed by atoms with van der Waals surface area (Å²) in [5, 5.41) is 8.55. The van der Waals surface area contributed by atoms with Crippen molar-refractivity contribution >= 4 is 0 Å². The molecule has 0 radical (unpaired) electrons. The molecule has 0 aliphatic heterocycles. The summed E-state index contributed by atoms with van der Waals surface area (Å²) in [6.45, 7) is 3.52. The smallest absolute Gasteiger partial charge is 0.164 e. The van der Waals surface area contributed by atoms with E-state index in [-0.39, 0.29) is 0 Å². The number of aryl methyl sites for hydroxylation is 2. The second-order valence-electron chi connectivity index (χ2n) is 5.13. The van der Waals surface area contributed by atoms with Crippen molar-refractivity contribution in [3.8, 4) is 11.4 Å². The lowest BCUT2D eigenvalue weighted by atomic mass is 10.1. The first-order valence-electron chi connectivity index (χ1n) is 7.07. The maximum atomic E-state index is 5.74. The maximum Gasteiger partial charge on any atom is 0.164 e. The highest BCUT2D eigenvalue weighted by Crippen LogP contribution is 2.27. The molecule has 0 spiro atoms. The van der Waals surface area contributed by atoms with Crippen LogP contribution in [0.2, 0.25) is 0 Å². The van der Waals surface area contributed by atoms with E-state index in [2.05, 4.69) is 39.9 Å². The Morgan fingerprint density at radius 1 is 1.21 bits per heavy atom. The summed E-state index contributed by atoms with van der Waals surface area (Å²) in [4.78, 5) is 0. The Balaban J connectivity index is 2.04. The Kier molecular flexibility index (Phi) is 3.34. The molecule has 0 saturated carbocycles. The molecule has 100 valence electrons. The van der Waals surface area contributed by atoms with Crippen LogP contribution in [0.5, 0.6) is 0 Å². The van der Waals surface area contributed by atoms with E-state index < -0.39 is 0 Å². The van der Waals surface area contributed by atoms with E-state index in [4.69, 9.17) is 5.73 Å². The van der Waals surface area contributed by atoms with E-state index in [9.17, 15) is 0 Å². The number of hydrogen-bond donors (Lipinski definition) is 1. The summed E-state index contributed by atoms with van der Waals surface area (Å²) in [6, 6.07) is 6.68. The Labute approximate surface area is 113 Å². The zero-order valence-corrected chi connectivity index (χ0v) is 11.4. The third-order valence-corrected chi connectivity index (χ3v) is 3.81. The van der Waals surface area contributed by atoms with Crippen LogP contribution in [-0.4, -0.2) is 14.8 Å². The predicted octanol–water partition coefficient (Wildman–Crippen LogP) is 2.30. The van der Waals surface area contributed by atoms with E-state index in [0.717, 1.165) is 24.6 Å². The Morgan fingerprint density at radius 2 is 2.05 bits per heavy atom. The van der Waals surface area contributed by atoms with Crippen LogP contribution in [0.3, 0.4) is 0 Å². The first kappa shape index (κ1) is 12.4. The Morgan fingerprint density at radius 3 is 2.84 bits per heavy atom. The van der Waals surface area contributed by atoms with Gasteiger partial charge >= 0.3 is 0 Å². The molecule has 0 bridgehead atoms. The fraction of sp³-hybridized carbons (Fsp3) is 0.467. The number of nitrogens with zero attached hydrogens (tertiary/aromatic N) is 3. The van der Waals surface area contributed by atoms with Gasteiger partial charge in [-0.1, -0.05) is 19.1 Å². The molecular weight excluding hydrogens is 236 g/mol. The first-order chi connectivity index (χ1) is 9.33. The SMILES string of the molecule is CCCn1c(CN)nnc1-c1ccc2c(c1)CCC2. The van der Waals surface area contributed by atoms with Gasteiger partial charge in [-0.15, -0.1) is 10.2 Å². The average molecular weight is 256 g/mol. The van der Waals surface area contributed by atoms with Gasteiger partial charge in [-0.3, -0.25) is 0 Å². The van der Waals surface area contributed by atoms with Gasteiger partial charge in [0.1, 0.15) is 5.82 Å². The second kappa shape index (κ2) is 5.13. The van der Waals surface area contributed by atoms with Gasteiger partial charge in [0.25, 0.3) is 0 Å².